The van der Waals surface area contributed by atoms with Crippen molar-refractivity contribution in [2.45, 2.75) is 11.8 Å². The molecule has 0 fully saturated rings. The van der Waals surface area contributed by atoms with E-state index in [-0.39, 0.29) is 11.4 Å². The topological polar surface area (TPSA) is 26.3 Å². The minimum atomic E-state index is -0.319. The first kappa shape index (κ1) is 20.0. The smallest absolute Gasteiger partial charge is 0.338 e. The molecule has 0 aliphatic heterocycles. The van der Waals surface area contributed by atoms with Crippen molar-refractivity contribution < 1.29 is 9.53 Å². The number of ether oxygens (including phenoxy) is 1. The van der Waals surface area contributed by atoms with Crippen molar-refractivity contribution >= 4 is 12.0 Å². The molecule has 0 saturated carbocycles. The molecule has 2 heteroatoms. The highest BCUT2D eigenvalue weighted by atomic mass is 16.5. The Morgan fingerprint density at radius 3 is 1.97 bits per heavy atom. The summed E-state index contributed by atoms with van der Waals surface area (Å²) in [6, 6.07) is 35.4. The molecule has 32 heavy (non-hydrogen) atoms. The lowest BCUT2D eigenvalue weighted by molar-refractivity contribution is 0.0601. The van der Waals surface area contributed by atoms with Gasteiger partial charge in [-0.2, -0.15) is 0 Å². The molecule has 0 bridgehead atoms. The molecule has 0 radical (unpaired) electrons. The zero-order chi connectivity index (χ0) is 22.0. The van der Waals surface area contributed by atoms with Crippen LogP contribution in [-0.4, -0.2) is 13.1 Å². The number of methoxy groups -OCH3 is 1. The van der Waals surface area contributed by atoms with Gasteiger partial charge < -0.3 is 4.74 Å². The number of fused-ring (bicyclic) bond motifs is 1. The lowest BCUT2D eigenvalue weighted by Gasteiger charge is -2.36. The van der Waals surface area contributed by atoms with Crippen LogP contribution in [-0.2, 0) is 16.6 Å². The van der Waals surface area contributed by atoms with E-state index in [9.17, 15) is 4.79 Å². The van der Waals surface area contributed by atoms with Crippen LogP contribution < -0.4 is 0 Å². The Labute approximate surface area is 188 Å². The first-order chi connectivity index (χ1) is 15.7. The third-order valence-corrected chi connectivity index (χ3v) is 6.40. The summed E-state index contributed by atoms with van der Waals surface area (Å²) < 4.78 is 5.03. The number of carbonyl (C=O) groups is 1. The molecule has 0 unspecified atom stereocenters. The summed E-state index contributed by atoms with van der Waals surface area (Å²) in [5, 5.41) is 0. The normalized spacial score (nSPS) is 13.9. The van der Waals surface area contributed by atoms with Gasteiger partial charge in [0.25, 0.3) is 0 Å². The molecule has 0 amide bonds. The molecule has 5 rings (SSSR count). The predicted octanol–water partition coefficient (Wildman–Crippen LogP) is 6.70. The molecule has 0 aromatic heterocycles. The molecule has 0 heterocycles. The van der Waals surface area contributed by atoms with E-state index < -0.39 is 0 Å². The van der Waals surface area contributed by atoms with E-state index in [1.54, 1.807) is 0 Å². The Hall–Kier alpha value is -3.91. The summed E-state index contributed by atoms with van der Waals surface area (Å²) in [4.78, 5) is 12.4. The maximum atomic E-state index is 12.4. The summed E-state index contributed by atoms with van der Waals surface area (Å²) >= 11 is 0. The molecule has 4 aromatic carbocycles. The number of carbonyl (C=O) groups excluding carboxylic acids is 1. The van der Waals surface area contributed by atoms with E-state index in [1.807, 2.05) is 24.3 Å². The summed E-state index contributed by atoms with van der Waals surface area (Å²) in [6.45, 7) is 0. The van der Waals surface area contributed by atoms with Crippen LogP contribution in [0, 0.1) is 0 Å². The molecule has 0 spiro atoms. The van der Waals surface area contributed by atoms with Crippen LogP contribution in [0.3, 0.4) is 0 Å². The fourth-order valence-corrected chi connectivity index (χ4v) is 4.82. The van der Waals surface area contributed by atoms with Crippen LogP contribution in [0.25, 0.3) is 17.2 Å². The fraction of sp³-hybridized carbons (Fsp3) is 0.100. The maximum absolute atomic E-state index is 12.4. The lowest BCUT2D eigenvalue weighted by atomic mass is 9.67. The Balaban J connectivity index is 1.68. The van der Waals surface area contributed by atoms with Crippen LogP contribution in [0.15, 0.2) is 109 Å². The van der Waals surface area contributed by atoms with Gasteiger partial charge in [-0.25, -0.2) is 4.79 Å². The number of rotatable bonds is 4. The minimum Gasteiger partial charge on any atom is -0.465 e. The molecule has 0 saturated heterocycles. The van der Waals surface area contributed by atoms with E-state index in [1.165, 1.54) is 23.8 Å². The Morgan fingerprint density at radius 1 is 0.719 bits per heavy atom. The van der Waals surface area contributed by atoms with Crippen molar-refractivity contribution in [2.24, 2.45) is 0 Å². The molecular weight excluding hydrogens is 392 g/mol. The summed E-state index contributed by atoms with van der Waals surface area (Å²) in [7, 11) is 1.42. The Morgan fingerprint density at radius 2 is 1.31 bits per heavy atom. The zero-order valence-corrected chi connectivity index (χ0v) is 18.0. The maximum Gasteiger partial charge on any atom is 0.338 e. The minimum absolute atomic E-state index is 0.240. The fourth-order valence-electron chi connectivity index (χ4n) is 4.82. The molecule has 1 aliphatic rings. The van der Waals surface area contributed by atoms with Gasteiger partial charge in [0.2, 0.25) is 0 Å². The molecular formula is C30H24O2. The lowest BCUT2D eigenvalue weighted by Crippen LogP contribution is -2.30. The largest absolute Gasteiger partial charge is 0.465 e. The van der Waals surface area contributed by atoms with Gasteiger partial charge in [-0.1, -0.05) is 109 Å². The number of hydrogen-bond donors (Lipinski definition) is 0. The molecule has 1 aliphatic carbocycles. The average Bonchev–Trinajstić information content (AvgIpc) is 2.88. The van der Waals surface area contributed by atoms with Crippen molar-refractivity contribution in [3.05, 3.63) is 137 Å². The Bertz CT molecular complexity index is 1250. The molecule has 156 valence electrons. The third-order valence-electron chi connectivity index (χ3n) is 6.40. The second-order valence-corrected chi connectivity index (χ2v) is 8.13. The second kappa shape index (κ2) is 8.32. The van der Waals surface area contributed by atoms with Crippen LogP contribution in [0.5, 0.6) is 0 Å². The van der Waals surface area contributed by atoms with E-state index in [0.29, 0.717) is 5.56 Å². The van der Waals surface area contributed by atoms with Crippen molar-refractivity contribution in [2.75, 3.05) is 7.11 Å². The standard InChI is InChI=1S/C30H24O2/c1-32-29(31)28-17-9-8-16-27(28)26-18-10-11-22-21-30(20-19-25(22)26,23-12-4-2-5-13-23)24-14-6-3-7-15-24/h2-20H,21H2,1H3. The highest BCUT2D eigenvalue weighted by Gasteiger charge is 2.35. The van der Waals surface area contributed by atoms with Gasteiger partial charge in [0.05, 0.1) is 12.7 Å². The summed E-state index contributed by atoms with van der Waals surface area (Å²) in [5.74, 6) is -0.319. The number of benzene rings is 4. The highest BCUT2D eigenvalue weighted by Crippen LogP contribution is 2.44. The Kier molecular flexibility index (Phi) is 5.20. The quantitative estimate of drug-likeness (QED) is 0.346. The SMILES string of the molecule is COC(=O)c1ccccc1-c1cccc2c1C=CC(c1ccccc1)(c1ccccc1)C2. The molecule has 0 atom stereocenters. The van der Waals surface area contributed by atoms with Gasteiger partial charge in [-0.05, 0) is 45.9 Å². The molecule has 2 nitrogen and oxygen atoms in total. The van der Waals surface area contributed by atoms with E-state index in [2.05, 4.69) is 91.0 Å². The first-order valence-electron chi connectivity index (χ1n) is 10.8. The second-order valence-electron chi connectivity index (χ2n) is 8.13. The monoisotopic (exact) mass is 416 g/mol. The zero-order valence-electron chi connectivity index (χ0n) is 18.0. The third kappa shape index (κ3) is 3.34. The molecule has 4 aromatic rings. The van der Waals surface area contributed by atoms with Gasteiger partial charge in [-0.3, -0.25) is 0 Å². The van der Waals surface area contributed by atoms with Crippen LogP contribution in [0.4, 0.5) is 0 Å². The van der Waals surface area contributed by atoms with Crippen LogP contribution >= 0.6 is 0 Å². The number of hydrogen-bond acceptors (Lipinski definition) is 2. The predicted molar refractivity (Wildman–Crippen MR) is 130 cm³/mol. The van der Waals surface area contributed by atoms with E-state index >= 15 is 0 Å². The highest BCUT2D eigenvalue weighted by molar-refractivity contribution is 5.98. The van der Waals surface area contributed by atoms with Gasteiger partial charge in [0.15, 0.2) is 0 Å². The van der Waals surface area contributed by atoms with Gasteiger partial charge in [0.1, 0.15) is 0 Å². The number of allylic oxidation sites excluding steroid dienone is 1. The van der Waals surface area contributed by atoms with Gasteiger partial charge in [0, 0.05) is 5.41 Å². The van der Waals surface area contributed by atoms with E-state index in [0.717, 1.165) is 23.1 Å². The summed E-state index contributed by atoms with van der Waals surface area (Å²) in [5.41, 5.74) is 7.25. The first-order valence-corrected chi connectivity index (χ1v) is 10.8. The van der Waals surface area contributed by atoms with Crippen LogP contribution in [0.1, 0.15) is 32.6 Å². The van der Waals surface area contributed by atoms with E-state index in [4.69, 9.17) is 4.74 Å². The van der Waals surface area contributed by atoms with Crippen molar-refractivity contribution in [3.8, 4) is 11.1 Å². The van der Waals surface area contributed by atoms with Crippen LogP contribution in [0.2, 0.25) is 0 Å². The van der Waals surface area contributed by atoms with Crippen molar-refractivity contribution in [3.63, 3.8) is 0 Å². The van der Waals surface area contributed by atoms with Crippen molar-refractivity contribution in [1.82, 2.24) is 0 Å². The summed E-state index contributed by atoms with van der Waals surface area (Å²) in [6.07, 6.45) is 5.40. The molecule has 0 N–H and O–H groups in total. The van der Waals surface area contributed by atoms with Gasteiger partial charge in [-0.15, -0.1) is 0 Å². The van der Waals surface area contributed by atoms with Gasteiger partial charge >= 0.3 is 5.97 Å². The average molecular weight is 417 g/mol. The van der Waals surface area contributed by atoms with Crippen molar-refractivity contribution in [1.29, 1.82) is 0 Å². The number of esters is 1.